The van der Waals surface area contributed by atoms with E-state index in [-0.39, 0.29) is 34.7 Å². The first-order valence-electron chi connectivity index (χ1n) is 7.97. The van der Waals surface area contributed by atoms with Crippen LogP contribution < -0.4 is 4.90 Å². The molecule has 4 nitrogen and oxygen atoms in total. The molecule has 0 saturated heterocycles. The van der Waals surface area contributed by atoms with E-state index in [9.17, 15) is 27.9 Å². The van der Waals surface area contributed by atoms with Crippen LogP contribution in [0.2, 0.25) is 0 Å². The van der Waals surface area contributed by atoms with Gasteiger partial charge in [-0.3, -0.25) is 4.79 Å². The minimum Gasteiger partial charge on any atom is -0.478 e. The van der Waals surface area contributed by atoms with Crippen molar-refractivity contribution in [2.75, 3.05) is 4.90 Å². The molecule has 0 saturated carbocycles. The summed E-state index contributed by atoms with van der Waals surface area (Å²) in [5.74, 6) is -1.58. The van der Waals surface area contributed by atoms with Gasteiger partial charge in [0.1, 0.15) is 0 Å². The van der Waals surface area contributed by atoms with Gasteiger partial charge in [0.05, 0.1) is 28.8 Å². The van der Waals surface area contributed by atoms with E-state index in [0.717, 1.165) is 6.07 Å². The Balaban J connectivity index is 2.13. The summed E-state index contributed by atoms with van der Waals surface area (Å²) in [7, 11) is 0. The standard InChI is InChI=1S/C19H14F3NO3/c1-18(2)13-7-6-10(16(24)25)14-9-4-3-5-12(19(20,21)22)11(9)8-23(15(13)14)17(18)26/h3-7H,8H2,1-2H3,(H,24,25). The fourth-order valence-corrected chi connectivity index (χ4v) is 3.95. The van der Waals surface area contributed by atoms with Crippen LogP contribution in [0.3, 0.4) is 0 Å². The molecule has 0 radical (unpaired) electrons. The van der Waals surface area contributed by atoms with Crippen LogP contribution in [-0.2, 0) is 22.9 Å². The Morgan fingerprint density at radius 2 is 1.88 bits per heavy atom. The number of alkyl halides is 3. The average molecular weight is 361 g/mol. The van der Waals surface area contributed by atoms with Crippen LogP contribution in [-0.4, -0.2) is 17.0 Å². The third-order valence-electron chi connectivity index (χ3n) is 5.20. The molecule has 1 N–H and O–H groups in total. The third kappa shape index (κ3) is 1.97. The number of benzene rings is 2. The molecule has 0 aliphatic carbocycles. The summed E-state index contributed by atoms with van der Waals surface area (Å²) < 4.78 is 40.5. The van der Waals surface area contributed by atoms with Gasteiger partial charge in [0, 0.05) is 5.56 Å². The van der Waals surface area contributed by atoms with Crippen molar-refractivity contribution in [3.05, 3.63) is 52.6 Å². The number of carbonyl (C=O) groups is 2. The maximum Gasteiger partial charge on any atom is 0.416 e. The minimum atomic E-state index is -4.60. The molecule has 2 aromatic rings. The van der Waals surface area contributed by atoms with E-state index in [1.54, 1.807) is 19.9 Å². The average Bonchev–Trinajstić information content (AvgIpc) is 2.75. The molecule has 0 spiro atoms. The smallest absolute Gasteiger partial charge is 0.416 e. The number of carboxylic acid groups (broad SMARTS) is 1. The lowest BCUT2D eigenvalue weighted by atomic mass is 9.82. The molecule has 1 amide bonds. The Morgan fingerprint density at radius 3 is 2.50 bits per heavy atom. The van der Waals surface area contributed by atoms with Gasteiger partial charge in [-0.15, -0.1) is 0 Å². The Labute approximate surface area is 146 Å². The van der Waals surface area contributed by atoms with Crippen LogP contribution in [0.4, 0.5) is 18.9 Å². The SMILES string of the molecule is CC1(C)C(=O)N2Cc3c(cccc3C(F)(F)F)-c3c(C(=O)O)ccc1c32. The zero-order valence-electron chi connectivity index (χ0n) is 13.9. The van der Waals surface area contributed by atoms with Gasteiger partial charge in [0.25, 0.3) is 0 Å². The van der Waals surface area contributed by atoms with Crippen LogP contribution in [0, 0.1) is 0 Å². The first-order chi connectivity index (χ1) is 12.0. The van der Waals surface area contributed by atoms with E-state index < -0.39 is 23.1 Å². The Kier molecular flexibility index (Phi) is 3.11. The predicted octanol–water partition coefficient (Wildman–Crippen LogP) is 4.21. The van der Waals surface area contributed by atoms with E-state index >= 15 is 0 Å². The zero-order valence-corrected chi connectivity index (χ0v) is 13.9. The molecule has 0 fully saturated rings. The summed E-state index contributed by atoms with van der Waals surface area (Å²) in [5.41, 5.74) is -0.520. The summed E-state index contributed by atoms with van der Waals surface area (Å²) in [6, 6.07) is 6.66. The molecular formula is C19H14F3NO3. The van der Waals surface area contributed by atoms with Gasteiger partial charge >= 0.3 is 12.1 Å². The monoisotopic (exact) mass is 361 g/mol. The predicted molar refractivity (Wildman–Crippen MR) is 88.1 cm³/mol. The molecule has 134 valence electrons. The summed E-state index contributed by atoms with van der Waals surface area (Å²) >= 11 is 0. The largest absolute Gasteiger partial charge is 0.478 e. The first kappa shape index (κ1) is 16.6. The maximum atomic E-state index is 13.5. The molecule has 2 aliphatic rings. The highest BCUT2D eigenvalue weighted by atomic mass is 19.4. The Hall–Kier alpha value is -2.83. The van der Waals surface area contributed by atoms with Crippen LogP contribution in [0.1, 0.15) is 40.9 Å². The first-order valence-corrected chi connectivity index (χ1v) is 7.97. The van der Waals surface area contributed by atoms with E-state index in [4.69, 9.17) is 0 Å². The highest BCUT2D eigenvalue weighted by molar-refractivity contribution is 6.15. The lowest BCUT2D eigenvalue weighted by Crippen LogP contribution is -2.37. The van der Waals surface area contributed by atoms with Crippen molar-refractivity contribution in [2.45, 2.75) is 32.0 Å². The number of aromatic carboxylic acids is 1. The number of hydrogen-bond donors (Lipinski definition) is 1. The number of carbonyl (C=O) groups excluding carboxylic acids is 1. The van der Waals surface area contributed by atoms with E-state index in [0.29, 0.717) is 11.3 Å². The van der Waals surface area contributed by atoms with Crippen LogP contribution in [0.15, 0.2) is 30.3 Å². The number of fused-ring (bicyclic) bond motifs is 2. The van der Waals surface area contributed by atoms with E-state index in [1.807, 2.05) is 0 Å². The van der Waals surface area contributed by atoms with Gasteiger partial charge in [-0.1, -0.05) is 18.2 Å². The lowest BCUT2D eigenvalue weighted by Gasteiger charge is -2.31. The van der Waals surface area contributed by atoms with Gasteiger partial charge in [-0.2, -0.15) is 13.2 Å². The van der Waals surface area contributed by atoms with Gasteiger partial charge in [0.15, 0.2) is 0 Å². The number of amides is 1. The van der Waals surface area contributed by atoms with Crippen molar-refractivity contribution in [3.63, 3.8) is 0 Å². The molecule has 0 unspecified atom stereocenters. The van der Waals surface area contributed by atoms with Crippen LogP contribution >= 0.6 is 0 Å². The number of nitrogens with zero attached hydrogens (tertiary/aromatic N) is 1. The van der Waals surface area contributed by atoms with E-state index in [2.05, 4.69) is 0 Å². The molecule has 4 rings (SSSR count). The fourth-order valence-electron chi connectivity index (χ4n) is 3.95. The molecule has 0 bridgehead atoms. The van der Waals surface area contributed by atoms with Crippen molar-refractivity contribution >= 4 is 17.6 Å². The quantitative estimate of drug-likeness (QED) is 0.828. The van der Waals surface area contributed by atoms with Crippen molar-refractivity contribution < 1.29 is 27.9 Å². The topological polar surface area (TPSA) is 57.6 Å². The molecule has 26 heavy (non-hydrogen) atoms. The van der Waals surface area contributed by atoms with Crippen molar-refractivity contribution in [2.24, 2.45) is 0 Å². The highest BCUT2D eigenvalue weighted by Crippen LogP contribution is 2.53. The molecule has 2 heterocycles. The van der Waals surface area contributed by atoms with E-state index in [1.165, 1.54) is 23.1 Å². The molecule has 0 atom stereocenters. The second kappa shape index (κ2) is 4.87. The van der Waals surface area contributed by atoms with Gasteiger partial charge in [-0.05, 0) is 42.7 Å². The van der Waals surface area contributed by atoms with Gasteiger partial charge in [-0.25, -0.2) is 4.79 Å². The molecule has 0 aromatic heterocycles. The minimum absolute atomic E-state index is 0.0711. The molecule has 7 heteroatoms. The van der Waals surface area contributed by atoms with Crippen LogP contribution in [0.25, 0.3) is 11.1 Å². The zero-order chi connectivity index (χ0) is 19.0. The van der Waals surface area contributed by atoms with Gasteiger partial charge in [0.2, 0.25) is 5.91 Å². The number of rotatable bonds is 1. The summed E-state index contributed by atoms with van der Waals surface area (Å²) in [6.45, 7) is 3.16. The second-order valence-corrected chi connectivity index (χ2v) is 7.04. The van der Waals surface area contributed by atoms with Gasteiger partial charge < -0.3 is 10.0 Å². The molecule has 2 aliphatic heterocycles. The number of anilines is 1. The second-order valence-electron chi connectivity index (χ2n) is 7.04. The normalized spacial score (nSPS) is 17.1. The number of hydrogen-bond acceptors (Lipinski definition) is 2. The molecular weight excluding hydrogens is 347 g/mol. The summed E-state index contributed by atoms with van der Waals surface area (Å²) in [5, 5.41) is 9.56. The third-order valence-corrected chi connectivity index (χ3v) is 5.20. The van der Waals surface area contributed by atoms with Crippen molar-refractivity contribution in [3.8, 4) is 11.1 Å². The lowest BCUT2D eigenvalue weighted by molar-refractivity contribution is -0.138. The Bertz CT molecular complexity index is 992. The van der Waals surface area contributed by atoms with Crippen LogP contribution in [0.5, 0.6) is 0 Å². The summed E-state index contributed by atoms with van der Waals surface area (Å²) in [4.78, 5) is 25.9. The fraction of sp³-hybridized carbons (Fsp3) is 0.263. The highest BCUT2D eigenvalue weighted by Gasteiger charge is 2.49. The molecule has 2 aromatic carbocycles. The van der Waals surface area contributed by atoms with Crippen molar-refractivity contribution in [1.82, 2.24) is 0 Å². The summed E-state index contributed by atoms with van der Waals surface area (Å²) in [6.07, 6.45) is -4.60. The maximum absolute atomic E-state index is 13.5. The Morgan fingerprint density at radius 1 is 1.19 bits per heavy atom. The van der Waals surface area contributed by atoms with Crippen molar-refractivity contribution in [1.29, 1.82) is 0 Å². The number of halogens is 3. The number of carboxylic acids is 1.